The number of sulfonamides is 1. The van der Waals surface area contributed by atoms with Gasteiger partial charge in [0, 0.05) is 44.0 Å². The Bertz CT molecular complexity index is 1030. The minimum absolute atomic E-state index is 0.0617. The van der Waals surface area contributed by atoms with E-state index < -0.39 is 10.0 Å². The van der Waals surface area contributed by atoms with Crippen LogP contribution in [0.1, 0.15) is 37.3 Å². The summed E-state index contributed by atoms with van der Waals surface area (Å²) in [5, 5.41) is 3.28. The number of hydrogen-bond acceptors (Lipinski definition) is 5. The molecule has 1 saturated heterocycles. The molecular weight excluding hydrogens is 442 g/mol. The molecule has 1 atom stereocenters. The van der Waals surface area contributed by atoms with Gasteiger partial charge in [-0.05, 0) is 50.2 Å². The zero-order valence-corrected chi connectivity index (χ0v) is 19.1. The number of rotatable bonds is 7. The maximum absolute atomic E-state index is 12.7. The Morgan fingerprint density at radius 3 is 2.29 bits per heavy atom. The molecule has 2 aromatic rings. The van der Waals surface area contributed by atoms with Crippen LogP contribution in [0.4, 0.5) is 0 Å². The Kier molecular flexibility index (Phi) is 7.40. The molecule has 1 N–H and O–H groups in total. The van der Waals surface area contributed by atoms with Crippen LogP contribution in [0.25, 0.3) is 0 Å². The minimum atomic E-state index is -3.63. The summed E-state index contributed by atoms with van der Waals surface area (Å²) in [5.74, 6) is 1.03. The number of nitrogens with zero attached hydrogens (tertiary/aromatic N) is 2. The Morgan fingerprint density at radius 1 is 1.06 bits per heavy atom. The predicted molar refractivity (Wildman–Crippen MR) is 116 cm³/mol. The average Bonchev–Trinajstić information content (AvgIpc) is 3.19. The van der Waals surface area contributed by atoms with Crippen LogP contribution in [-0.4, -0.2) is 55.6 Å². The first-order valence-electron chi connectivity index (χ1n) is 10.1. The molecule has 0 spiro atoms. The fourth-order valence-electron chi connectivity index (χ4n) is 3.38. The Morgan fingerprint density at radius 2 is 1.71 bits per heavy atom. The maximum atomic E-state index is 12.7. The molecule has 2 heterocycles. The molecule has 1 aliphatic rings. The largest absolute Gasteiger partial charge is 0.464 e. The minimum Gasteiger partial charge on any atom is -0.464 e. The Balaban J connectivity index is 1.45. The molecule has 2 amide bonds. The monoisotopic (exact) mass is 467 g/mol. The summed E-state index contributed by atoms with van der Waals surface area (Å²) in [5.41, 5.74) is 0. The highest BCUT2D eigenvalue weighted by Crippen LogP contribution is 2.20. The van der Waals surface area contributed by atoms with E-state index in [0.717, 1.165) is 5.76 Å². The third-order valence-electron chi connectivity index (χ3n) is 5.17. The van der Waals surface area contributed by atoms with Crippen molar-refractivity contribution < 1.29 is 22.4 Å². The molecule has 0 aliphatic carbocycles. The fraction of sp³-hybridized carbons (Fsp3) is 0.429. The first-order valence-corrected chi connectivity index (χ1v) is 11.9. The van der Waals surface area contributed by atoms with Crippen molar-refractivity contribution >= 4 is 33.4 Å². The molecule has 0 bridgehead atoms. The van der Waals surface area contributed by atoms with E-state index in [1.165, 1.54) is 28.6 Å². The molecule has 3 rings (SSSR count). The third kappa shape index (κ3) is 5.87. The summed E-state index contributed by atoms with van der Waals surface area (Å²) < 4.78 is 32.3. The highest BCUT2D eigenvalue weighted by Gasteiger charge is 2.30. The number of amides is 2. The maximum Gasteiger partial charge on any atom is 0.243 e. The summed E-state index contributed by atoms with van der Waals surface area (Å²) in [7, 11) is -3.63. The number of nitrogens with one attached hydrogen (secondary N) is 1. The smallest absolute Gasteiger partial charge is 0.243 e. The zero-order chi connectivity index (χ0) is 22.6. The highest BCUT2D eigenvalue weighted by atomic mass is 35.5. The predicted octanol–water partition coefficient (Wildman–Crippen LogP) is 2.73. The lowest BCUT2D eigenvalue weighted by Crippen LogP contribution is -2.50. The molecular formula is C21H26ClN3O5S. The summed E-state index contributed by atoms with van der Waals surface area (Å²) >= 11 is 5.83. The van der Waals surface area contributed by atoms with Gasteiger partial charge in [0.25, 0.3) is 0 Å². The second-order valence-corrected chi connectivity index (χ2v) is 9.85. The standard InChI is InChI=1S/C21H26ClN3O5S/c1-15-3-8-19(30-15)16(2)23-20(26)9-10-21(27)24-11-13-25(14-12-24)31(28,29)18-6-4-17(22)5-7-18/h3-8,16H,9-14H2,1-2H3,(H,23,26)/t16-/m0/s1. The highest BCUT2D eigenvalue weighted by molar-refractivity contribution is 7.89. The van der Waals surface area contributed by atoms with Crippen molar-refractivity contribution in [2.24, 2.45) is 0 Å². The molecule has 1 aliphatic heterocycles. The van der Waals surface area contributed by atoms with E-state index in [1.54, 1.807) is 4.90 Å². The van der Waals surface area contributed by atoms with Crippen molar-refractivity contribution in [1.82, 2.24) is 14.5 Å². The van der Waals surface area contributed by atoms with E-state index in [9.17, 15) is 18.0 Å². The molecule has 168 valence electrons. The van der Waals surface area contributed by atoms with E-state index >= 15 is 0 Å². The van der Waals surface area contributed by atoms with Gasteiger partial charge in [-0.2, -0.15) is 4.31 Å². The summed E-state index contributed by atoms with van der Waals surface area (Å²) in [6.45, 7) is 4.63. The molecule has 1 fully saturated rings. The SMILES string of the molecule is Cc1ccc([C@H](C)NC(=O)CCC(=O)N2CCN(S(=O)(=O)c3ccc(Cl)cc3)CC2)o1. The van der Waals surface area contributed by atoms with E-state index in [2.05, 4.69) is 5.32 Å². The number of carbonyl (C=O) groups excluding carboxylic acids is 2. The van der Waals surface area contributed by atoms with Crippen LogP contribution < -0.4 is 5.32 Å². The van der Waals surface area contributed by atoms with Crippen LogP contribution in [0.5, 0.6) is 0 Å². The van der Waals surface area contributed by atoms with Gasteiger partial charge >= 0.3 is 0 Å². The quantitative estimate of drug-likeness (QED) is 0.674. The van der Waals surface area contributed by atoms with Crippen LogP contribution in [0.15, 0.2) is 45.7 Å². The van der Waals surface area contributed by atoms with Crippen LogP contribution in [-0.2, 0) is 19.6 Å². The topological polar surface area (TPSA) is 99.9 Å². The van der Waals surface area contributed by atoms with Crippen molar-refractivity contribution in [2.75, 3.05) is 26.2 Å². The van der Waals surface area contributed by atoms with Gasteiger partial charge in [-0.15, -0.1) is 0 Å². The molecule has 10 heteroatoms. The van der Waals surface area contributed by atoms with Crippen LogP contribution >= 0.6 is 11.6 Å². The van der Waals surface area contributed by atoms with Gasteiger partial charge in [0.15, 0.2) is 0 Å². The van der Waals surface area contributed by atoms with Crippen molar-refractivity contribution in [2.45, 2.75) is 37.6 Å². The second kappa shape index (κ2) is 9.84. The number of hydrogen-bond donors (Lipinski definition) is 1. The van der Waals surface area contributed by atoms with E-state index in [1.807, 2.05) is 26.0 Å². The van der Waals surface area contributed by atoms with Crippen molar-refractivity contribution in [3.63, 3.8) is 0 Å². The van der Waals surface area contributed by atoms with Gasteiger partial charge in [-0.1, -0.05) is 11.6 Å². The number of carbonyl (C=O) groups is 2. The van der Waals surface area contributed by atoms with Gasteiger partial charge in [-0.25, -0.2) is 8.42 Å². The summed E-state index contributed by atoms with van der Waals surface area (Å²) in [6.07, 6.45) is 0.131. The van der Waals surface area contributed by atoms with E-state index in [0.29, 0.717) is 10.8 Å². The van der Waals surface area contributed by atoms with E-state index in [4.69, 9.17) is 16.0 Å². The van der Waals surface area contributed by atoms with Gasteiger partial charge in [0.1, 0.15) is 11.5 Å². The first kappa shape index (κ1) is 23.3. The molecule has 31 heavy (non-hydrogen) atoms. The summed E-state index contributed by atoms with van der Waals surface area (Å²) in [4.78, 5) is 26.4. The van der Waals surface area contributed by atoms with Gasteiger partial charge in [0.05, 0.1) is 10.9 Å². The van der Waals surface area contributed by atoms with Crippen molar-refractivity contribution in [3.8, 4) is 0 Å². The number of piperazine rings is 1. The fourth-order valence-corrected chi connectivity index (χ4v) is 4.93. The Hall–Kier alpha value is -2.36. The first-order chi connectivity index (χ1) is 14.7. The Labute approximate surface area is 187 Å². The van der Waals surface area contributed by atoms with Crippen molar-refractivity contribution in [1.29, 1.82) is 0 Å². The van der Waals surface area contributed by atoms with Crippen LogP contribution in [0, 0.1) is 6.92 Å². The van der Waals surface area contributed by atoms with Crippen LogP contribution in [0.3, 0.4) is 0 Å². The molecule has 0 radical (unpaired) electrons. The molecule has 1 aromatic heterocycles. The number of halogens is 1. The van der Waals surface area contributed by atoms with Crippen molar-refractivity contribution in [3.05, 3.63) is 52.9 Å². The van der Waals surface area contributed by atoms with Gasteiger partial charge < -0.3 is 14.6 Å². The third-order valence-corrected chi connectivity index (χ3v) is 7.34. The number of aryl methyl sites for hydroxylation is 1. The number of furan rings is 1. The van der Waals surface area contributed by atoms with Gasteiger partial charge in [0.2, 0.25) is 21.8 Å². The van der Waals surface area contributed by atoms with Crippen LogP contribution in [0.2, 0.25) is 5.02 Å². The molecule has 0 saturated carbocycles. The molecule has 1 aromatic carbocycles. The summed E-state index contributed by atoms with van der Waals surface area (Å²) in [6, 6.07) is 9.37. The average molecular weight is 468 g/mol. The lowest BCUT2D eigenvalue weighted by molar-refractivity contribution is -0.134. The lowest BCUT2D eigenvalue weighted by Gasteiger charge is -2.34. The van der Waals surface area contributed by atoms with Gasteiger partial charge in [-0.3, -0.25) is 9.59 Å². The zero-order valence-electron chi connectivity index (χ0n) is 17.5. The molecule has 8 nitrogen and oxygen atoms in total. The number of benzene rings is 1. The molecule has 0 unspecified atom stereocenters. The normalized spacial score (nSPS) is 16.2. The second-order valence-electron chi connectivity index (χ2n) is 7.48. The van der Waals surface area contributed by atoms with E-state index in [-0.39, 0.29) is 61.8 Å². The lowest BCUT2D eigenvalue weighted by atomic mass is 10.2.